The van der Waals surface area contributed by atoms with Crippen LogP contribution in [0.15, 0.2) is 60.0 Å². The van der Waals surface area contributed by atoms with Gasteiger partial charge in [0.2, 0.25) is 0 Å². The molecule has 0 atom stereocenters. The zero-order chi connectivity index (χ0) is 20.1. The fraction of sp³-hybridized carbons (Fsp3) is 0.150. The van der Waals surface area contributed by atoms with Gasteiger partial charge in [-0.2, -0.15) is 0 Å². The van der Waals surface area contributed by atoms with Crippen LogP contribution in [0.2, 0.25) is 5.02 Å². The maximum absolute atomic E-state index is 12.4. The van der Waals surface area contributed by atoms with Gasteiger partial charge >= 0.3 is 0 Å². The number of nitrogens with zero attached hydrogens (tertiary/aromatic N) is 2. The van der Waals surface area contributed by atoms with Crippen LogP contribution in [0, 0.1) is 10.1 Å². The number of hydrogen-bond donors (Lipinski definition) is 0. The standard InChI is InChI=1S/C20H17ClN2O4S/c1-22(12-14-4-2-5-15(21)10-14)20(24)13-27-18-8-7-16(23(25)26)11-17(18)19-6-3-9-28-19/h2-11H,12-13H2,1H3. The molecule has 1 heterocycles. The Morgan fingerprint density at radius 1 is 1.21 bits per heavy atom. The molecule has 0 aliphatic rings. The van der Waals surface area contributed by atoms with Crippen LogP contribution in [0.25, 0.3) is 10.4 Å². The molecular weight excluding hydrogens is 400 g/mol. The highest BCUT2D eigenvalue weighted by Gasteiger charge is 2.16. The predicted molar refractivity (Wildman–Crippen MR) is 110 cm³/mol. The van der Waals surface area contributed by atoms with Gasteiger partial charge < -0.3 is 9.64 Å². The highest BCUT2D eigenvalue weighted by atomic mass is 35.5. The van der Waals surface area contributed by atoms with E-state index in [1.807, 2.05) is 29.6 Å². The van der Waals surface area contributed by atoms with Gasteiger partial charge in [0.1, 0.15) is 5.75 Å². The van der Waals surface area contributed by atoms with Crippen molar-refractivity contribution < 1.29 is 14.5 Å². The average Bonchev–Trinajstić information content (AvgIpc) is 3.20. The molecule has 0 aliphatic carbocycles. The molecule has 1 amide bonds. The minimum Gasteiger partial charge on any atom is -0.483 e. The maximum Gasteiger partial charge on any atom is 0.270 e. The number of benzene rings is 2. The molecule has 3 rings (SSSR count). The van der Waals surface area contributed by atoms with Gasteiger partial charge in [-0.25, -0.2) is 0 Å². The van der Waals surface area contributed by atoms with E-state index in [1.165, 1.54) is 29.5 Å². The second kappa shape index (κ2) is 8.86. The molecule has 0 fully saturated rings. The van der Waals surface area contributed by atoms with Crippen molar-refractivity contribution in [1.29, 1.82) is 0 Å². The van der Waals surface area contributed by atoms with E-state index in [0.29, 0.717) is 22.9 Å². The number of amides is 1. The summed E-state index contributed by atoms with van der Waals surface area (Å²) in [5.41, 5.74) is 1.48. The van der Waals surface area contributed by atoms with E-state index in [-0.39, 0.29) is 18.2 Å². The Morgan fingerprint density at radius 3 is 2.71 bits per heavy atom. The first-order valence-electron chi connectivity index (χ1n) is 8.37. The van der Waals surface area contributed by atoms with Crippen molar-refractivity contribution in [2.45, 2.75) is 6.54 Å². The molecule has 2 aromatic carbocycles. The summed E-state index contributed by atoms with van der Waals surface area (Å²) in [6.45, 7) is 0.230. The molecule has 0 unspecified atom stereocenters. The maximum atomic E-state index is 12.4. The number of non-ortho nitro benzene ring substituents is 1. The molecule has 8 heteroatoms. The zero-order valence-corrected chi connectivity index (χ0v) is 16.6. The number of carbonyl (C=O) groups is 1. The minimum absolute atomic E-state index is 0.0276. The molecule has 0 radical (unpaired) electrons. The van der Waals surface area contributed by atoms with E-state index in [9.17, 15) is 14.9 Å². The van der Waals surface area contributed by atoms with Crippen LogP contribution in [0.4, 0.5) is 5.69 Å². The van der Waals surface area contributed by atoms with Crippen molar-refractivity contribution >= 4 is 34.5 Å². The van der Waals surface area contributed by atoms with Crippen LogP contribution in [-0.4, -0.2) is 29.4 Å². The van der Waals surface area contributed by atoms with Crippen LogP contribution in [0.1, 0.15) is 5.56 Å². The first-order chi connectivity index (χ1) is 13.4. The average molecular weight is 417 g/mol. The topological polar surface area (TPSA) is 72.7 Å². The lowest BCUT2D eigenvalue weighted by Crippen LogP contribution is -2.31. The summed E-state index contributed by atoms with van der Waals surface area (Å²) >= 11 is 7.42. The highest BCUT2D eigenvalue weighted by molar-refractivity contribution is 7.13. The van der Waals surface area contributed by atoms with E-state index >= 15 is 0 Å². The first-order valence-corrected chi connectivity index (χ1v) is 9.63. The molecule has 1 aromatic heterocycles. The SMILES string of the molecule is CN(Cc1cccc(Cl)c1)C(=O)COc1ccc([N+](=O)[O-])cc1-c1cccs1. The summed E-state index contributed by atoms with van der Waals surface area (Å²) in [6, 6.07) is 15.4. The first kappa shape index (κ1) is 19.9. The number of thiophene rings is 1. The summed E-state index contributed by atoms with van der Waals surface area (Å²) in [6.07, 6.45) is 0. The van der Waals surface area contributed by atoms with E-state index in [2.05, 4.69) is 0 Å². The van der Waals surface area contributed by atoms with Crippen molar-refractivity contribution in [1.82, 2.24) is 4.90 Å². The summed E-state index contributed by atoms with van der Waals surface area (Å²) in [5.74, 6) is 0.216. The Hall–Kier alpha value is -2.90. The number of nitro benzene ring substituents is 1. The van der Waals surface area contributed by atoms with Gasteiger partial charge in [0.05, 0.1) is 4.92 Å². The minimum atomic E-state index is -0.454. The molecule has 0 aliphatic heterocycles. The molecular formula is C20H17ClN2O4S. The summed E-state index contributed by atoms with van der Waals surface area (Å²) in [5, 5.41) is 13.6. The van der Waals surface area contributed by atoms with Gasteiger partial charge in [-0.15, -0.1) is 11.3 Å². The lowest BCUT2D eigenvalue weighted by molar-refractivity contribution is -0.384. The molecule has 0 saturated carbocycles. The fourth-order valence-electron chi connectivity index (χ4n) is 2.63. The fourth-order valence-corrected chi connectivity index (χ4v) is 3.59. The number of likely N-dealkylation sites (N-methyl/N-ethyl adjacent to an activating group) is 1. The summed E-state index contributed by atoms with van der Waals surface area (Å²) in [7, 11) is 1.68. The van der Waals surface area contributed by atoms with E-state index in [4.69, 9.17) is 16.3 Å². The quantitative estimate of drug-likeness (QED) is 0.400. The number of halogens is 1. The van der Waals surface area contributed by atoms with Crippen LogP contribution in [0.3, 0.4) is 0 Å². The van der Waals surface area contributed by atoms with Crippen LogP contribution < -0.4 is 4.74 Å². The molecule has 0 N–H and O–H groups in total. The molecule has 0 saturated heterocycles. The van der Waals surface area contributed by atoms with Crippen molar-refractivity contribution in [3.8, 4) is 16.2 Å². The van der Waals surface area contributed by atoms with Crippen LogP contribution in [-0.2, 0) is 11.3 Å². The van der Waals surface area contributed by atoms with Gasteiger partial charge in [-0.05, 0) is 35.2 Å². The molecule has 0 bridgehead atoms. The third-order valence-corrected chi connectivity index (χ3v) is 5.18. The van der Waals surface area contributed by atoms with Crippen molar-refractivity contribution in [3.63, 3.8) is 0 Å². The molecule has 28 heavy (non-hydrogen) atoms. The Bertz CT molecular complexity index is 992. The Labute approximate surface area is 171 Å². The molecule has 3 aromatic rings. The zero-order valence-electron chi connectivity index (χ0n) is 15.0. The van der Waals surface area contributed by atoms with E-state index in [0.717, 1.165) is 10.4 Å². The third kappa shape index (κ3) is 4.88. The molecule has 0 spiro atoms. The van der Waals surface area contributed by atoms with Gasteiger partial charge in [-0.1, -0.05) is 29.8 Å². The third-order valence-electron chi connectivity index (χ3n) is 4.05. The number of carbonyl (C=O) groups excluding carboxylic acids is 1. The molecule has 6 nitrogen and oxygen atoms in total. The lowest BCUT2D eigenvalue weighted by Gasteiger charge is -2.18. The predicted octanol–water partition coefficient (Wildman–Crippen LogP) is 5.01. The Kier molecular flexibility index (Phi) is 6.28. The van der Waals surface area contributed by atoms with Crippen LogP contribution in [0.5, 0.6) is 5.75 Å². The molecule has 144 valence electrons. The second-order valence-electron chi connectivity index (χ2n) is 6.08. The largest absolute Gasteiger partial charge is 0.483 e. The van der Waals surface area contributed by atoms with Gasteiger partial charge in [-0.3, -0.25) is 14.9 Å². The van der Waals surface area contributed by atoms with Crippen molar-refractivity contribution in [2.24, 2.45) is 0 Å². The highest BCUT2D eigenvalue weighted by Crippen LogP contribution is 2.36. The lowest BCUT2D eigenvalue weighted by atomic mass is 10.1. The monoisotopic (exact) mass is 416 g/mol. The number of hydrogen-bond acceptors (Lipinski definition) is 5. The summed E-state index contributed by atoms with van der Waals surface area (Å²) in [4.78, 5) is 25.4. The van der Waals surface area contributed by atoms with E-state index in [1.54, 1.807) is 24.1 Å². The number of ether oxygens (including phenoxy) is 1. The second-order valence-corrected chi connectivity index (χ2v) is 7.47. The van der Waals surface area contributed by atoms with Gasteiger partial charge in [0.15, 0.2) is 6.61 Å². The normalized spacial score (nSPS) is 10.5. The van der Waals surface area contributed by atoms with E-state index < -0.39 is 4.92 Å². The Balaban J connectivity index is 1.71. The van der Waals surface area contributed by atoms with Gasteiger partial charge in [0.25, 0.3) is 11.6 Å². The van der Waals surface area contributed by atoms with Crippen LogP contribution >= 0.6 is 22.9 Å². The summed E-state index contributed by atoms with van der Waals surface area (Å²) < 4.78 is 5.71. The smallest absolute Gasteiger partial charge is 0.270 e. The number of rotatable bonds is 7. The van der Waals surface area contributed by atoms with Crippen molar-refractivity contribution in [2.75, 3.05) is 13.7 Å². The number of nitro groups is 1. The van der Waals surface area contributed by atoms with Gasteiger partial charge in [0, 0.05) is 41.2 Å². The van der Waals surface area contributed by atoms with Crippen molar-refractivity contribution in [3.05, 3.63) is 80.7 Å². The Morgan fingerprint density at radius 2 is 2.04 bits per heavy atom.